The van der Waals surface area contributed by atoms with E-state index in [-0.39, 0.29) is 0 Å². The highest BCUT2D eigenvalue weighted by Crippen LogP contribution is 2.34. The Bertz CT molecular complexity index is 1780. The van der Waals surface area contributed by atoms with Crippen molar-refractivity contribution in [2.45, 2.75) is 6.54 Å². The zero-order chi connectivity index (χ0) is 21.8. The molecule has 0 saturated carbocycles. The van der Waals surface area contributed by atoms with Gasteiger partial charge in [-0.05, 0) is 58.8 Å². The third kappa shape index (κ3) is 2.88. The molecule has 2 heterocycles. The van der Waals surface area contributed by atoms with Gasteiger partial charge in [0.1, 0.15) is 0 Å². The van der Waals surface area contributed by atoms with E-state index in [0.29, 0.717) is 0 Å². The van der Waals surface area contributed by atoms with Gasteiger partial charge in [0.05, 0.1) is 11.0 Å². The highest BCUT2D eigenvalue weighted by molar-refractivity contribution is 6.12. The minimum absolute atomic E-state index is 0.840. The van der Waals surface area contributed by atoms with Gasteiger partial charge in [0.25, 0.3) is 0 Å². The van der Waals surface area contributed by atoms with E-state index < -0.39 is 0 Å². The predicted octanol–water partition coefficient (Wildman–Crippen LogP) is 7.94. The van der Waals surface area contributed by atoms with Gasteiger partial charge in [0.2, 0.25) is 0 Å². The maximum atomic E-state index is 2.47. The lowest BCUT2D eigenvalue weighted by Crippen LogP contribution is -1.99. The van der Waals surface area contributed by atoms with Gasteiger partial charge in [-0.3, -0.25) is 0 Å². The van der Waals surface area contributed by atoms with Crippen LogP contribution in [0.25, 0.3) is 49.2 Å². The second-order valence-corrected chi connectivity index (χ2v) is 8.73. The molecule has 0 amide bonds. The summed E-state index contributed by atoms with van der Waals surface area (Å²) in [5.74, 6) is 0. The molecule has 7 rings (SSSR count). The van der Waals surface area contributed by atoms with E-state index in [1.54, 1.807) is 0 Å². The Morgan fingerprint density at radius 3 is 2.18 bits per heavy atom. The van der Waals surface area contributed by atoms with Crippen LogP contribution < -0.4 is 0 Å². The lowest BCUT2D eigenvalue weighted by molar-refractivity contribution is 0.870. The second-order valence-electron chi connectivity index (χ2n) is 8.73. The van der Waals surface area contributed by atoms with Crippen LogP contribution in [0.4, 0.5) is 0 Å². The van der Waals surface area contributed by atoms with Gasteiger partial charge in [0.15, 0.2) is 0 Å². The molecule has 0 bridgehead atoms. The van der Waals surface area contributed by atoms with Crippen molar-refractivity contribution in [1.82, 2.24) is 9.13 Å². The zero-order valence-corrected chi connectivity index (χ0v) is 18.1. The summed E-state index contributed by atoms with van der Waals surface area (Å²) in [4.78, 5) is 0. The van der Waals surface area contributed by atoms with Crippen LogP contribution >= 0.6 is 0 Å². The first-order chi connectivity index (χ1) is 16.3. The van der Waals surface area contributed by atoms with Gasteiger partial charge in [-0.25, -0.2) is 0 Å². The van der Waals surface area contributed by atoms with Crippen molar-refractivity contribution >= 4 is 43.5 Å². The monoisotopic (exact) mass is 422 g/mol. The zero-order valence-electron chi connectivity index (χ0n) is 18.1. The van der Waals surface area contributed by atoms with Crippen molar-refractivity contribution < 1.29 is 0 Å². The molecule has 0 radical (unpaired) electrons. The summed E-state index contributed by atoms with van der Waals surface area (Å²) < 4.78 is 4.75. The number of rotatable bonds is 3. The SMILES string of the molecule is c1ccc(-n2ccc3cc4c5ccccc5n(Cc5ccc6ccccc6c5)c4cc32)cc1. The highest BCUT2D eigenvalue weighted by Gasteiger charge is 2.14. The first kappa shape index (κ1) is 18.3. The van der Waals surface area contributed by atoms with Crippen molar-refractivity contribution in [3.8, 4) is 5.69 Å². The topological polar surface area (TPSA) is 9.86 Å². The Balaban J connectivity index is 1.48. The first-order valence-electron chi connectivity index (χ1n) is 11.4. The predicted molar refractivity (Wildman–Crippen MR) is 139 cm³/mol. The highest BCUT2D eigenvalue weighted by atomic mass is 15.0. The normalized spacial score (nSPS) is 11.8. The van der Waals surface area contributed by atoms with Crippen LogP contribution in [0.2, 0.25) is 0 Å². The number of fused-ring (bicyclic) bond motifs is 5. The second kappa shape index (κ2) is 7.11. The summed E-state index contributed by atoms with van der Waals surface area (Å²) in [6.45, 7) is 0.840. The maximum Gasteiger partial charge on any atom is 0.0549 e. The molecule has 2 heteroatoms. The van der Waals surface area contributed by atoms with E-state index in [9.17, 15) is 0 Å². The number of benzene rings is 5. The average molecular weight is 423 g/mol. The minimum Gasteiger partial charge on any atom is -0.336 e. The Morgan fingerprint density at radius 1 is 0.485 bits per heavy atom. The van der Waals surface area contributed by atoms with Crippen LogP contribution in [0.3, 0.4) is 0 Å². The molecule has 2 aromatic heterocycles. The van der Waals surface area contributed by atoms with E-state index in [1.807, 2.05) is 0 Å². The van der Waals surface area contributed by atoms with Crippen molar-refractivity contribution in [3.05, 3.63) is 127 Å². The molecule has 0 aliphatic rings. The minimum atomic E-state index is 0.840. The van der Waals surface area contributed by atoms with Crippen molar-refractivity contribution in [2.75, 3.05) is 0 Å². The molecule has 5 aromatic carbocycles. The van der Waals surface area contributed by atoms with Crippen LogP contribution in [0, 0.1) is 0 Å². The largest absolute Gasteiger partial charge is 0.336 e. The third-order valence-corrected chi connectivity index (χ3v) is 6.77. The van der Waals surface area contributed by atoms with Gasteiger partial charge in [0, 0.05) is 40.1 Å². The number of hydrogen-bond acceptors (Lipinski definition) is 0. The van der Waals surface area contributed by atoms with Crippen LogP contribution in [0.1, 0.15) is 5.56 Å². The Kier molecular flexibility index (Phi) is 3.94. The van der Waals surface area contributed by atoms with Gasteiger partial charge in [-0.15, -0.1) is 0 Å². The summed E-state index contributed by atoms with van der Waals surface area (Å²) in [5.41, 5.74) is 6.28. The third-order valence-electron chi connectivity index (χ3n) is 6.77. The smallest absolute Gasteiger partial charge is 0.0549 e. The lowest BCUT2D eigenvalue weighted by Gasteiger charge is -2.10. The van der Waals surface area contributed by atoms with Crippen LogP contribution in [0.5, 0.6) is 0 Å². The standard InChI is InChI=1S/C31H22N2/c1-2-10-26(11-3-1)32-17-16-25-19-28-27-12-6-7-13-29(27)33(31(28)20-30(25)32)21-22-14-15-23-8-4-5-9-24(23)18-22/h1-20H,21H2. The van der Waals surface area contributed by atoms with E-state index in [0.717, 1.165) is 6.54 Å². The van der Waals surface area contributed by atoms with Crippen LogP contribution in [-0.4, -0.2) is 9.13 Å². The van der Waals surface area contributed by atoms with E-state index >= 15 is 0 Å². The Labute approximate surface area is 191 Å². The molecular weight excluding hydrogens is 400 g/mol. The first-order valence-corrected chi connectivity index (χ1v) is 11.4. The summed E-state index contributed by atoms with van der Waals surface area (Å²) in [7, 11) is 0. The fourth-order valence-corrected chi connectivity index (χ4v) is 5.18. The summed E-state index contributed by atoms with van der Waals surface area (Å²) >= 11 is 0. The molecule has 0 saturated heterocycles. The summed E-state index contributed by atoms with van der Waals surface area (Å²) in [6.07, 6.45) is 2.18. The number of hydrogen-bond donors (Lipinski definition) is 0. The Hall–Kier alpha value is -4.30. The van der Waals surface area contributed by atoms with Crippen molar-refractivity contribution in [1.29, 1.82) is 0 Å². The van der Waals surface area contributed by atoms with Gasteiger partial charge in [-0.1, -0.05) is 72.8 Å². The molecule has 0 spiro atoms. The van der Waals surface area contributed by atoms with Crippen molar-refractivity contribution in [2.24, 2.45) is 0 Å². The average Bonchev–Trinajstić information content (AvgIpc) is 3.42. The van der Waals surface area contributed by atoms with Crippen LogP contribution in [-0.2, 0) is 6.54 Å². The van der Waals surface area contributed by atoms with Crippen LogP contribution in [0.15, 0.2) is 121 Å². The fraction of sp³-hybridized carbons (Fsp3) is 0.0323. The van der Waals surface area contributed by atoms with E-state index in [1.165, 1.54) is 54.7 Å². The lowest BCUT2D eigenvalue weighted by atomic mass is 10.1. The van der Waals surface area contributed by atoms with Crippen molar-refractivity contribution in [3.63, 3.8) is 0 Å². The van der Waals surface area contributed by atoms with Gasteiger partial charge in [-0.2, -0.15) is 0 Å². The summed E-state index contributed by atoms with van der Waals surface area (Å²) in [6, 6.07) is 41.7. The summed E-state index contributed by atoms with van der Waals surface area (Å²) in [5, 5.41) is 6.45. The fourth-order valence-electron chi connectivity index (χ4n) is 5.18. The Morgan fingerprint density at radius 2 is 1.27 bits per heavy atom. The molecular formula is C31H22N2. The molecule has 0 aliphatic carbocycles. The van der Waals surface area contributed by atoms with E-state index in [2.05, 4.69) is 131 Å². The molecule has 33 heavy (non-hydrogen) atoms. The molecule has 0 unspecified atom stereocenters. The maximum absolute atomic E-state index is 2.47. The number of para-hydroxylation sites is 2. The molecule has 0 N–H and O–H groups in total. The van der Waals surface area contributed by atoms with E-state index in [4.69, 9.17) is 0 Å². The molecule has 156 valence electrons. The van der Waals surface area contributed by atoms with Gasteiger partial charge >= 0.3 is 0 Å². The molecule has 0 fully saturated rings. The molecule has 0 atom stereocenters. The number of nitrogens with zero attached hydrogens (tertiary/aromatic N) is 2. The number of aromatic nitrogens is 2. The molecule has 2 nitrogen and oxygen atoms in total. The quantitative estimate of drug-likeness (QED) is 0.273. The molecule has 7 aromatic rings. The molecule has 0 aliphatic heterocycles. The van der Waals surface area contributed by atoms with Gasteiger partial charge < -0.3 is 9.13 Å².